The zero-order valence-corrected chi connectivity index (χ0v) is 17.6. The van der Waals surface area contributed by atoms with Crippen LogP contribution < -0.4 is 14.4 Å². The van der Waals surface area contributed by atoms with Crippen LogP contribution >= 0.6 is 0 Å². The molecule has 0 aliphatic carbocycles. The average molecular weight is 430 g/mol. The van der Waals surface area contributed by atoms with Gasteiger partial charge in [-0.2, -0.15) is 0 Å². The third-order valence-corrected chi connectivity index (χ3v) is 6.01. The van der Waals surface area contributed by atoms with Gasteiger partial charge in [0.25, 0.3) is 0 Å². The maximum absolute atomic E-state index is 11.3. The quantitative estimate of drug-likeness (QED) is 0.526. The van der Waals surface area contributed by atoms with Gasteiger partial charge in [-0.3, -0.25) is 9.36 Å². The van der Waals surface area contributed by atoms with Crippen LogP contribution in [0.4, 0.5) is 11.5 Å². The molecule has 1 fully saturated rings. The lowest BCUT2D eigenvalue weighted by Gasteiger charge is -2.39. The third-order valence-electron chi connectivity index (χ3n) is 6.01. The van der Waals surface area contributed by atoms with Crippen LogP contribution in [0.5, 0.6) is 11.8 Å². The molecule has 3 atom stereocenters. The summed E-state index contributed by atoms with van der Waals surface area (Å²) in [6.45, 7) is 5.36. The first-order valence-electron chi connectivity index (χ1n) is 10.4. The molecule has 3 heterocycles. The summed E-state index contributed by atoms with van der Waals surface area (Å²) in [6, 6.07) is 8.21. The van der Waals surface area contributed by atoms with Crippen LogP contribution in [-0.4, -0.2) is 50.3 Å². The highest BCUT2D eigenvalue weighted by molar-refractivity contribution is 5.70. The van der Waals surface area contributed by atoms with Crippen LogP contribution in [-0.2, 0) is 11.3 Å². The number of nitro groups is 1. The Labute approximate surface area is 179 Å². The molecule has 2 aliphatic heterocycles. The molecule has 31 heavy (non-hydrogen) atoms. The molecule has 2 aliphatic rings. The molecule has 0 amide bonds. The van der Waals surface area contributed by atoms with E-state index in [4.69, 9.17) is 9.47 Å². The van der Waals surface area contributed by atoms with Gasteiger partial charge in [0.1, 0.15) is 18.6 Å². The number of carboxylic acid groups (broad SMARTS) is 1. The molecule has 4 rings (SSSR count). The maximum Gasteiger partial charge on any atom is 0.415 e. The van der Waals surface area contributed by atoms with E-state index in [2.05, 4.69) is 16.8 Å². The minimum atomic E-state index is -0.707. The monoisotopic (exact) mass is 430 g/mol. The number of hydrogen-bond donors (Lipinski definition) is 1. The van der Waals surface area contributed by atoms with Gasteiger partial charge in [-0.1, -0.05) is 6.92 Å². The van der Waals surface area contributed by atoms with E-state index in [1.165, 1.54) is 6.20 Å². The molecule has 0 radical (unpaired) electrons. The second-order valence-electron chi connectivity index (χ2n) is 8.42. The number of rotatable bonds is 7. The average Bonchev–Trinajstić information content (AvgIpc) is 3.28. The number of benzene rings is 1. The summed E-state index contributed by atoms with van der Waals surface area (Å²) in [7, 11) is 0. The smallest absolute Gasteiger partial charge is 0.415 e. The van der Waals surface area contributed by atoms with E-state index in [1.807, 2.05) is 31.2 Å². The van der Waals surface area contributed by atoms with Crippen molar-refractivity contribution in [3.63, 3.8) is 0 Å². The Kier molecular flexibility index (Phi) is 5.47. The number of imidazole rings is 1. The molecule has 2 aromatic rings. The van der Waals surface area contributed by atoms with Gasteiger partial charge < -0.3 is 29.6 Å². The van der Waals surface area contributed by atoms with Gasteiger partial charge >= 0.3 is 17.8 Å². The van der Waals surface area contributed by atoms with Crippen molar-refractivity contribution in [1.29, 1.82) is 0 Å². The molecule has 2 unspecified atom stereocenters. The molecule has 1 N–H and O–H groups in total. The van der Waals surface area contributed by atoms with Crippen LogP contribution in [0.2, 0.25) is 0 Å². The van der Waals surface area contributed by atoms with Gasteiger partial charge in [0.15, 0.2) is 5.60 Å². The molecule has 1 aromatic carbocycles. The highest BCUT2D eigenvalue weighted by atomic mass is 16.6. The molecule has 10 nitrogen and oxygen atoms in total. The van der Waals surface area contributed by atoms with Crippen molar-refractivity contribution in [3.8, 4) is 11.8 Å². The number of anilines is 1. The first-order chi connectivity index (χ1) is 14.8. The Morgan fingerprint density at radius 1 is 1.42 bits per heavy atom. The predicted molar refractivity (Wildman–Crippen MR) is 112 cm³/mol. The lowest BCUT2D eigenvalue weighted by atomic mass is 9.89. The zero-order chi connectivity index (χ0) is 22.2. The Morgan fingerprint density at radius 2 is 2.16 bits per heavy atom. The van der Waals surface area contributed by atoms with E-state index >= 15 is 0 Å². The van der Waals surface area contributed by atoms with Gasteiger partial charge in [-0.15, -0.1) is 0 Å². The van der Waals surface area contributed by atoms with Gasteiger partial charge in [0.05, 0.1) is 12.5 Å². The summed E-state index contributed by atoms with van der Waals surface area (Å²) < 4.78 is 13.3. The fourth-order valence-electron chi connectivity index (χ4n) is 4.33. The van der Waals surface area contributed by atoms with Crippen LogP contribution in [0.25, 0.3) is 0 Å². The number of ether oxygens (including phenoxy) is 2. The van der Waals surface area contributed by atoms with Crippen molar-refractivity contribution < 1.29 is 24.3 Å². The van der Waals surface area contributed by atoms with E-state index < -0.39 is 16.5 Å². The molecule has 0 saturated carbocycles. The first kappa shape index (κ1) is 21.0. The van der Waals surface area contributed by atoms with Gasteiger partial charge in [-0.05, 0) is 55.4 Å². The molecule has 10 heteroatoms. The maximum atomic E-state index is 11.3. The summed E-state index contributed by atoms with van der Waals surface area (Å²) in [6.07, 6.45) is 3.57. The Morgan fingerprint density at radius 3 is 2.77 bits per heavy atom. The van der Waals surface area contributed by atoms with Gasteiger partial charge in [0.2, 0.25) is 0 Å². The predicted octanol–water partition coefficient (Wildman–Crippen LogP) is 3.10. The van der Waals surface area contributed by atoms with E-state index in [0.717, 1.165) is 18.7 Å². The molecule has 0 bridgehead atoms. The topological polar surface area (TPSA) is 120 Å². The van der Waals surface area contributed by atoms with Crippen LogP contribution in [0.3, 0.4) is 0 Å². The molecular weight excluding hydrogens is 404 g/mol. The standard InChI is InChI=1S/C21H26N4O6/c1-3-15-10-14(19(26)27)8-9-24(15)16-4-6-17(7-5-16)30-13-21(2)12-23-11-18(25(28)29)22-20(23)31-21/h4-7,11,14-15H,3,8-10,12-13H2,1-2H3,(H,26,27)/t14?,15-,21?/m1/s1. The third kappa shape index (κ3) is 4.28. The first-order valence-corrected chi connectivity index (χ1v) is 10.4. The number of aliphatic carboxylic acids is 1. The minimum absolute atomic E-state index is 0.207. The Hall–Kier alpha value is -3.30. The van der Waals surface area contributed by atoms with Crippen molar-refractivity contribution in [2.75, 3.05) is 18.1 Å². The van der Waals surface area contributed by atoms with E-state index in [1.54, 1.807) is 4.57 Å². The number of nitrogens with zero attached hydrogens (tertiary/aromatic N) is 4. The fraction of sp³-hybridized carbons (Fsp3) is 0.524. The number of piperidine rings is 1. The molecule has 166 valence electrons. The Balaban J connectivity index is 1.35. The minimum Gasteiger partial charge on any atom is -0.489 e. The summed E-state index contributed by atoms with van der Waals surface area (Å²) in [5.74, 6) is -0.517. The summed E-state index contributed by atoms with van der Waals surface area (Å²) in [5.41, 5.74) is 0.390. The SMILES string of the molecule is CC[C@@H]1CC(C(=O)O)CCN1c1ccc(OCC2(C)Cn3cc([N+](=O)[O-])nc3O2)cc1. The second kappa shape index (κ2) is 8.09. The largest absolute Gasteiger partial charge is 0.489 e. The highest BCUT2D eigenvalue weighted by Crippen LogP contribution is 2.33. The molecular formula is C21H26N4O6. The number of fused-ring (bicyclic) bond motifs is 1. The van der Waals surface area contributed by atoms with Crippen LogP contribution in [0.15, 0.2) is 30.5 Å². The normalized spacial score (nSPS) is 25.0. The van der Waals surface area contributed by atoms with Crippen molar-refractivity contribution in [1.82, 2.24) is 9.55 Å². The van der Waals surface area contributed by atoms with E-state index in [9.17, 15) is 20.0 Å². The molecule has 0 spiro atoms. The van der Waals surface area contributed by atoms with E-state index in [0.29, 0.717) is 25.1 Å². The van der Waals surface area contributed by atoms with Gasteiger partial charge in [-0.25, -0.2) is 0 Å². The van der Waals surface area contributed by atoms with Gasteiger partial charge in [0, 0.05) is 23.3 Å². The fourth-order valence-corrected chi connectivity index (χ4v) is 4.33. The second-order valence-corrected chi connectivity index (χ2v) is 8.42. The Bertz CT molecular complexity index is 949. The van der Waals surface area contributed by atoms with Crippen molar-refractivity contribution in [2.45, 2.75) is 51.3 Å². The lowest BCUT2D eigenvalue weighted by Crippen LogP contribution is -2.44. The number of carboxylic acids is 1. The summed E-state index contributed by atoms with van der Waals surface area (Å²) >= 11 is 0. The molecule has 1 aromatic heterocycles. The van der Waals surface area contributed by atoms with Crippen molar-refractivity contribution >= 4 is 17.5 Å². The highest BCUT2D eigenvalue weighted by Gasteiger charge is 2.41. The lowest BCUT2D eigenvalue weighted by molar-refractivity contribution is -0.389. The van der Waals surface area contributed by atoms with Crippen molar-refractivity contribution in [3.05, 3.63) is 40.6 Å². The summed E-state index contributed by atoms with van der Waals surface area (Å²) in [4.78, 5) is 27.8. The van der Waals surface area contributed by atoms with Crippen LogP contribution in [0, 0.1) is 16.0 Å². The van der Waals surface area contributed by atoms with E-state index in [-0.39, 0.29) is 30.4 Å². The van der Waals surface area contributed by atoms with Crippen LogP contribution in [0.1, 0.15) is 33.1 Å². The number of aromatic nitrogens is 2. The number of carbonyl (C=O) groups is 1. The summed E-state index contributed by atoms with van der Waals surface area (Å²) in [5, 5.41) is 20.1. The molecule has 1 saturated heterocycles. The van der Waals surface area contributed by atoms with Crippen molar-refractivity contribution in [2.24, 2.45) is 5.92 Å². The number of hydrogen-bond acceptors (Lipinski definition) is 7. The zero-order valence-electron chi connectivity index (χ0n) is 17.6.